The molecule has 0 bridgehead atoms. The number of aliphatic carboxylic acids is 1. The predicted octanol–water partition coefficient (Wildman–Crippen LogP) is 2.02. The first-order chi connectivity index (χ1) is 12.9. The summed E-state index contributed by atoms with van der Waals surface area (Å²) in [6.07, 6.45) is 2.56. The van der Waals surface area contributed by atoms with Crippen LogP contribution in [0.15, 0.2) is 24.3 Å². The molecule has 8 heteroatoms. The largest absolute Gasteiger partial charge is 0.482 e. The minimum Gasteiger partial charge on any atom is -0.482 e. The number of ether oxygens (including phenoxy) is 2. The number of hydrogen-bond acceptors (Lipinski definition) is 5. The lowest BCUT2D eigenvalue weighted by molar-refractivity contribution is -0.143. The second-order valence-corrected chi connectivity index (χ2v) is 6.70. The number of nitrogens with one attached hydrogen (secondary N) is 1. The van der Waals surface area contributed by atoms with Gasteiger partial charge in [-0.15, -0.1) is 0 Å². The molecule has 1 fully saturated rings. The van der Waals surface area contributed by atoms with Crippen LogP contribution < -0.4 is 10.1 Å². The third kappa shape index (κ3) is 6.47. The number of nitrogens with zero attached hydrogens (tertiary/aromatic N) is 1. The van der Waals surface area contributed by atoms with E-state index in [1.54, 1.807) is 24.1 Å². The molecule has 148 valence electrons. The number of hydrogen-bond donors (Lipinski definition) is 2. The molecule has 1 aliphatic carbocycles. The van der Waals surface area contributed by atoms with E-state index in [-0.39, 0.29) is 24.6 Å². The first kappa shape index (κ1) is 20.5. The second kappa shape index (κ2) is 9.80. The van der Waals surface area contributed by atoms with E-state index in [0.717, 1.165) is 5.56 Å². The van der Waals surface area contributed by atoms with Crippen molar-refractivity contribution in [1.29, 1.82) is 0 Å². The summed E-state index contributed by atoms with van der Waals surface area (Å²) < 4.78 is 9.79. The third-order valence-electron chi connectivity index (χ3n) is 4.68. The summed E-state index contributed by atoms with van der Waals surface area (Å²) >= 11 is 0. The topological polar surface area (TPSA) is 105 Å². The molecule has 0 aliphatic heterocycles. The Labute approximate surface area is 158 Å². The summed E-state index contributed by atoms with van der Waals surface area (Å²) in [4.78, 5) is 35.9. The highest BCUT2D eigenvalue weighted by molar-refractivity contribution is 5.74. The van der Waals surface area contributed by atoms with Crippen LogP contribution in [0.2, 0.25) is 0 Å². The molecule has 1 aromatic carbocycles. The van der Waals surface area contributed by atoms with Gasteiger partial charge in [-0.2, -0.15) is 0 Å². The van der Waals surface area contributed by atoms with E-state index in [0.29, 0.717) is 38.0 Å². The Hall–Kier alpha value is -2.77. The highest BCUT2D eigenvalue weighted by atomic mass is 16.6. The summed E-state index contributed by atoms with van der Waals surface area (Å²) in [5, 5.41) is 12.0. The van der Waals surface area contributed by atoms with Gasteiger partial charge in [0.25, 0.3) is 0 Å². The summed E-state index contributed by atoms with van der Waals surface area (Å²) in [5.41, 5.74) is 0.924. The number of esters is 1. The van der Waals surface area contributed by atoms with Crippen LogP contribution in [0.1, 0.15) is 31.2 Å². The van der Waals surface area contributed by atoms with Gasteiger partial charge in [-0.05, 0) is 43.4 Å². The number of rotatable bonds is 7. The van der Waals surface area contributed by atoms with Crippen LogP contribution in [0.25, 0.3) is 0 Å². The second-order valence-electron chi connectivity index (χ2n) is 6.70. The van der Waals surface area contributed by atoms with Gasteiger partial charge in [-0.25, -0.2) is 9.59 Å². The standard InChI is InChI=1S/C19H26N2O6/c1-21(19(25)20-15-7-5-14(6-8-15)18(23)24)11-13-3-9-16(10-4-13)27-12-17(22)26-2/h3-4,9-10,14-15H,5-8,11-12H2,1-2H3,(H,20,25)(H,23,24). The first-order valence-corrected chi connectivity index (χ1v) is 8.92. The lowest BCUT2D eigenvalue weighted by Crippen LogP contribution is -2.44. The molecule has 1 aliphatic rings. The van der Waals surface area contributed by atoms with Gasteiger partial charge in [0.2, 0.25) is 0 Å². The van der Waals surface area contributed by atoms with E-state index in [1.807, 2.05) is 12.1 Å². The molecule has 0 unspecified atom stereocenters. The molecule has 0 aromatic heterocycles. The fourth-order valence-corrected chi connectivity index (χ4v) is 3.01. The lowest BCUT2D eigenvalue weighted by Gasteiger charge is -2.28. The van der Waals surface area contributed by atoms with Crippen LogP contribution in [0.3, 0.4) is 0 Å². The Bertz CT molecular complexity index is 653. The molecule has 8 nitrogen and oxygen atoms in total. The molecule has 2 amide bonds. The van der Waals surface area contributed by atoms with Crippen LogP contribution in [0.4, 0.5) is 4.79 Å². The molecule has 0 heterocycles. The predicted molar refractivity (Wildman–Crippen MR) is 97.3 cm³/mol. The van der Waals surface area contributed by atoms with E-state index in [2.05, 4.69) is 10.1 Å². The van der Waals surface area contributed by atoms with E-state index < -0.39 is 11.9 Å². The van der Waals surface area contributed by atoms with Gasteiger partial charge >= 0.3 is 18.0 Å². The fraction of sp³-hybridized carbons (Fsp3) is 0.526. The van der Waals surface area contributed by atoms with Crippen molar-refractivity contribution in [1.82, 2.24) is 10.2 Å². The average Bonchev–Trinajstić information content (AvgIpc) is 2.67. The summed E-state index contributed by atoms with van der Waals surface area (Å²) in [7, 11) is 3.01. The summed E-state index contributed by atoms with van der Waals surface area (Å²) in [5.74, 6) is -0.953. The van der Waals surface area contributed by atoms with Crippen molar-refractivity contribution in [3.63, 3.8) is 0 Å². The smallest absolute Gasteiger partial charge is 0.343 e. The van der Waals surface area contributed by atoms with E-state index in [4.69, 9.17) is 9.84 Å². The van der Waals surface area contributed by atoms with Gasteiger partial charge < -0.3 is 24.8 Å². The maximum atomic E-state index is 12.3. The quantitative estimate of drug-likeness (QED) is 0.704. The Balaban J connectivity index is 1.77. The number of benzene rings is 1. The van der Waals surface area contributed by atoms with Crippen molar-refractivity contribution >= 4 is 18.0 Å². The molecule has 0 spiro atoms. The van der Waals surface area contributed by atoms with Crippen molar-refractivity contribution in [3.8, 4) is 5.75 Å². The van der Waals surface area contributed by atoms with Gasteiger partial charge in [0.05, 0.1) is 13.0 Å². The SMILES string of the molecule is COC(=O)COc1ccc(CN(C)C(=O)NC2CCC(C(=O)O)CC2)cc1. The molecule has 1 aromatic rings. The van der Waals surface area contributed by atoms with Gasteiger partial charge in [0.1, 0.15) is 5.75 Å². The Morgan fingerprint density at radius 3 is 2.33 bits per heavy atom. The van der Waals surface area contributed by atoms with Crippen molar-refractivity contribution in [2.24, 2.45) is 5.92 Å². The number of carboxylic acids is 1. The summed E-state index contributed by atoms with van der Waals surface area (Å²) in [6.45, 7) is 0.274. The highest BCUT2D eigenvalue weighted by Crippen LogP contribution is 2.24. The minimum atomic E-state index is -0.754. The number of carbonyl (C=O) groups excluding carboxylic acids is 2. The summed E-state index contributed by atoms with van der Waals surface area (Å²) in [6, 6.07) is 6.96. The molecule has 2 N–H and O–H groups in total. The van der Waals surface area contributed by atoms with Crippen LogP contribution in [-0.4, -0.2) is 54.8 Å². The average molecular weight is 378 g/mol. The molecule has 1 saturated carbocycles. The number of carbonyl (C=O) groups is 3. The van der Waals surface area contributed by atoms with E-state index in [9.17, 15) is 14.4 Å². The van der Waals surface area contributed by atoms with Crippen molar-refractivity contribution in [2.45, 2.75) is 38.3 Å². The Morgan fingerprint density at radius 2 is 1.78 bits per heavy atom. The number of amides is 2. The normalized spacial score (nSPS) is 19.0. The van der Waals surface area contributed by atoms with Gasteiger partial charge in [-0.3, -0.25) is 4.79 Å². The number of methoxy groups -OCH3 is 1. The minimum absolute atomic E-state index is 0.0182. The highest BCUT2D eigenvalue weighted by Gasteiger charge is 2.27. The molecular formula is C19H26N2O6. The fourth-order valence-electron chi connectivity index (χ4n) is 3.01. The molecule has 0 atom stereocenters. The maximum absolute atomic E-state index is 12.3. The third-order valence-corrected chi connectivity index (χ3v) is 4.68. The van der Waals surface area contributed by atoms with Gasteiger partial charge in [0.15, 0.2) is 6.61 Å². The monoisotopic (exact) mass is 378 g/mol. The van der Waals surface area contributed by atoms with Crippen LogP contribution in [0.5, 0.6) is 5.75 Å². The zero-order valence-corrected chi connectivity index (χ0v) is 15.6. The van der Waals surface area contributed by atoms with E-state index in [1.165, 1.54) is 7.11 Å². The maximum Gasteiger partial charge on any atom is 0.343 e. The Kier molecular flexibility index (Phi) is 7.45. The van der Waals surface area contributed by atoms with Crippen LogP contribution in [-0.2, 0) is 20.9 Å². The van der Waals surface area contributed by atoms with Gasteiger partial charge in [-0.1, -0.05) is 12.1 Å². The van der Waals surface area contributed by atoms with Crippen molar-refractivity contribution < 1.29 is 29.0 Å². The van der Waals surface area contributed by atoms with E-state index >= 15 is 0 Å². The molecule has 27 heavy (non-hydrogen) atoms. The van der Waals surface area contributed by atoms with Gasteiger partial charge in [0, 0.05) is 19.6 Å². The molecule has 0 radical (unpaired) electrons. The Morgan fingerprint density at radius 1 is 1.15 bits per heavy atom. The molecular weight excluding hydrogens is 352 g/mol. The molecule has 0 saturated heterocycles. The number of carboxylic acid groups (broad SMARTS) is 1. The van der Waals surface area contributed by atoms with Crippen LogP contribution >= 0.6 is 0 Å². The zero-order valence-electron chi connectivity index (χ0n) is 15.6. The zero-order chi connectivity index (χ0) is 19.8. The first-order valence-electron chi connectivity index (χ1n) is 8.92. The lowest BCUT2D eigenvalue weighted by atomic mass is 9.86. The number of urea groups is 1. The molecule has 2 rings (SSSR count). The van der Waals surface area contributed by atoms with Crippen molar-refractivity contribution in [3.05, 3.63) is 29.8 Å². The van der Waals surface area contributed by atoms with Crippen molar-refractivity contribution in [2.75, 3.05) is 20.8 Å². The van der Waals surface area contributed by atoms with Crippen LogP contribution in [0, 0.1) is 5.92 Å².